The molecule has 0 bridgehead atoms. The summed E-state index contributed by atoms with van der Waals surface area (Å²) in [5.74, 6) is 1.25. The van der Waals surface area contributed by atoms with Crippen LogP contribution in [0.1, 0.15) is 15.9 Å². The topological polar surface area (TPSA) is 60.5 Å². The molecule has 6 heteroatoms. The first-order valence-corrected chi connectivity index (χ1v) is 9.88. The van der Waals surface area contributed by atoms with Gasteiger partial charge in [-0.25, -0.2) is 4.98 Å². The molecule has 4 aromatic rings. The number of aromatic nitrogens is 1. The van der Waals surface area contributed by atoms with E-state index in [1.54, 1.807) is 0 Å². The van der Waals surface area contributed by atoms with Crippen molar-refractivity contribution in [3.63, 3.8) is 0 Å². The lowest BCUT2D eigenvalue weighted by atomic mass is 10.0. The predicted molar refractivity (Wildman–Crippen MR) is 116 cm³/mol. The van der Waals surface area contributed by atoms with Crippen LogP contribution >= 0.6 is 11.6 Å². The van der Waals surface area contributed by atoms with Gasteiger partial charge < -0.3 is 14.8 Å². The molecule has 0 unspecified atom stereocenters. The van der Waals surface area contributed by atoms with Crippen LogP contribution < -0.4 is 14.8 Å². The van der Waals surface area contributed by atoms with E-state index in [1.807, 2.05) is 72.8 Å². The molecule has 0 spiro atoms. The van der Waals surface area contributed by atoms with Crippen LogP contribution in [-0.4, -0.2) is 17.7 Å². The van der Waals surface area contributed by atoms with Crippen molar-refractivity contribution in [1.82, 2.24) is 10.3 Å². The first kappa shape index (κ1) is 18.5. The molecule has 148 valence electrons. The summed E-state index contributed by atoms with van der Waals surface area (Å²) in [6.07, 6.45) is 0. The third-order valence-corrected chi connectivity index (χ3v) is 5.24. The minimum Gasteiger partial charge on any atom is -0.454 e. The van der Waals surface area contributed by atoms with E-state index in [2.05, 4.69) is 5.32 Å². The summed E-state index contributed by atoms with van der Waals surface area (Å²) in [5, 5.41) is 4.46. The summed E-state index contributed by atoms with van der Waals surface area (Å²) in [6.45, 7) is 0.601. The second kappa shape index (κ2) is 7.69. The van der Waals surface area contributed by atoms with E-state index in [1.165, 1.54) is 0 Å². The number of fused-ring (bicyclic) bond motifs is 2. The highest BCUT2D eigenvalue weighted by molar-refractivity contribution is 6.30. The quantitative estimate of drug-likeness (QED) is 0.496. The van der Waals surface area contributed by atoms with Crippen molar-refractivity contribution in [2.24, 2.45) is 0 Å². The Morgan fingerprint density at radius 2 is 1.77 bits per heavy atom. The first-order valence-electron chi connectivity index (χ1n) is 9.50. The Bertz CT molecular complexity index is 1260. The molecule has 0 saturated carbocycles. The number of carbonyl (C=O) groups excluding carboxylic acids is 1. The Balaban J connectivity index is 1.46. The van der Waals surface area contributed by atoms with Gasteiger partial charge in [-0.05, 0) is 42.0 Å². The van der Waals surface area contributed by atoms with E-state index < -0.39 is 0 Å². The van der Waals surface area contributed by atoms with Crippen molar-refractivity contribution in [1.29, 1.82) is 0 Å². The van der Waals surface area contributed by atoms with E-state index >= 15 is 0 Å². The Morgan fingerprint density at radius 3 is 2.63 bits per heavy atom. The number of halogens is 1. The summed E-state index contributed by atoms with van der Waals surface area (Å²) in [4.78, 5) is 17.8. The number of nitrogens with one attached hydrogen (secondary N) is 1. The molecule has 0 fully saturated rings. The van der Waals surface area contributed by atoms with Gasteiger partial charge in [-0.3, -0.25) is 4.79 Å². The largest absolute Gasteiger partial charge is 0.454 e. The number of hydrogen-bond acceptors (Lipinski definition) is 4. The zero-order valence-corrected chi connectivity index (χ0v) is 16.6. The van der Waals surface area contributed by atoms with Gasteiger partial charge >= 0.3 is 0 Å². The van der Waals surface area contributed by atoms with Gasteiger partial charge in [-0.1, -0.05) is 48.0 Å². The Labute approximate surface area is 178 Å². The second-order valence-electron chi connectivity index (χ2n) is 6.95. The molecule has 0 atom stereocenters. The van der Waals surface area contributed by atoms with Gasteiger partial charge in [0.15, 0.2) is 11.5 Å². The first-order chi connectivity index (χ1) is 14.7. The molecule has 5 nitrogen and oxygen atoms in total. The minimum absolute atomic E-state index is 0.165. The highest BCUT2D eigenvalue weighted by Gasteiger charge is 2.16. The standard InChI is InChI=1S/C24H17ClN2O3/c25-17-8-6-16(7-9-17)21-12-19(18-3-1-2-4-20(18)27-21)24(28)26-13-15-5-10-22-23(11-15)30-14-29-22/h1-12H,13-14H2,(H,26,28). The van der Waals surface area contributed by atoms with Crippen LogP contribution in [0.25, 0.3) is 22.2 Å². The number of benzene rings is 3. The number of rotatable bonds is 4. The number of nitrogens with zero attached hydrogens (tertiary/aromatic N) is 1. The lowest BCUT2D eigenvalue weighted by Crippen LogP contribution is -2.23. The highest BCUT2D eigenvalue weighted by Crippen LogP contribution is 2.32. The van der Waals surface area contributed by atoms with Crippen LogP contribution in [0.2, 0.25) is 5.02 Å². The van der Waals surface area contributed by atoms with Crippen LogP contribution in [0, 0.1) is 0 Å². The molecule has 1 aliphatic heterocycles. The smallest absolute Gasteiger partial charge is 0.252 e. The zero-order valence-electron chi connectivity index (χ0n) is 15.9. The lowest BCUT2D eigenvalue weighted by Gasteiger charge is -2.11. The maximum atomic E-state index is 13.1. The minimum atomic E-state index is -0.165. The molecule has 5 rings (SSSR count). The van der Waals surface area contributed by atoms with Crippen molar-refractivity contribution in [3.05, 3.63) is 88.9 Å². The van der Waals surface area contributed by atoms with Gasteiger partial charge in [0.05, 0.1) is 16.8 Å². The summed E-state index contributed by atoms with van der Waals surface area (Å²) >= 11 is 6.01. The van der Waals surface area contributed by atoms with Crippen LogP contribution in [0.3, 0.4) is 0 Å². The second-order valence-corrected chi connectivity index (χ2v) is 7.39. The average molecular weight is 417 g/mol. The predicted octanol–water partition coefficient (Wildman–Crippen LogP) is 5.21. The molecule has 1 amide bonds. The van der Waals surface area contributed by atoms with Crippen molar-refractivity contribution in [2.45, 2.75) is 6.54 Å². The number of para-hydroxylation sites is 1. The third-order valence-electron chi connectivity index (χ3n) is 4.99. The summed E-state index contributed by atoms with van der Waals surface area (Å²) in [7, 11) is 0. The molecule has 0 saturated heterocycles. The number of hydrogen-bond donors (Lipinski definition) is 1. The molecular weight excluding hydrogens is 400 g/mol. The number of ether oxygens (including phenoxy) is 2. The van der Waals surface area contributed by atoms with Gasteiger partial charge in [0, 0.05) is 22.5 Å². The molecule has 1 aromatic heterocycles. The van der Waals surface area contributed by atoms with Crippen molar-refractivity contribution in [2.75, 3.05) is 6.79 Å². The molecule has 0 radical (unpaired) electrons. The lowest BCUT2D eigenvalue weighted by molar-refractivity contribution is 0.0952. The van der Waals surface area contributed by atoms with Gasteiger partial charge in [0.25, 0.3) is 5.91 Å². The van der Waals surface area contributed by atoms with Gasteiger partial charge in [-0.2, -0.15) is 0 Å². The van der Waals surface area contributed by atoms with Crippen molar-refractivity contribution < 1.29 is 14.3 Å². The molecule has 3 aromatic carbocycles. The zero-order chi connectivity index (χ0) is 20.5. The fourth-order valence-electron chi connectivity index (χ4n) is 3.46. The van der Waals surface area contributed by atoms with E-state index in [0.29, 0.717) is 22.9 Å². The van der Waals surface area contributed by atoms with Crippen LogP contribution in [0.15, 0.2) is 72.8 Å². The average Bonchev–Trinajstić information content (AvgIpc) is 3.25. The normalized spacial score (nSPS) is 12.2. The fourth-order valence-corrected chi connectivity index (χ4v) is 3.59. The number of amides is 1. The maximum absolute atomic E-state index is 13.1. The van der Waals surface area contributed by atoms with Crippen molar-refractivity contribution >= 4 is 28.4 Å². The molecule has 1 N–H and O–H groups in total. The van der Waals surface area contributed by atoms with Crippen LogP contribution in [0.5, 0.6) is 11.5 Å². The summed E-state index contributed by atoms with van der Waals surface area (Å²) < 4.78 is 10.7. The maximum Gasteiger partial charge on any atom is 0.252 e. The third kappa shape index (κ3) is 3.55. The Morgan fingerprint density at radius 1 is 0.967 bits per heavy atom. The Kier molecular flexibility index (Phi) is 4.73. The Hall–Kier alpha value is -3.57. The van der Waals surface area contributed by atoms with E-state index in [9.17, 15) is 4.79 Å². The number of pyridine rings is 1. The summed E-state index contributed by atoms with van der Waals surface area (Å²) in [6, 6.07) is 22.5. The van der Waals surface area contributed by atoms with E-state index in [-0.39, 0.29) is 12.7 Å². The van der Waals surface area contributed by atoms with Crippen LogP contribution in [-0.2, 0) is 6.54 Å². The highest BCUT2D eigenvalue weighted by atomic mass is 35.5. The van der Waals surface area contributed by atoms with E-state index in [4.69, 9.17) is 26.1 Å². The molecule has 2 heterocycles. The molecular formula is C24H17ClN2O3. The summed E-state index contributed by atoms with van der Waals surface area (Å²) in [5.41, 5.74) is 3.89. The van der Waals surface area contributed by atoms with Gasteiger partial charge in [0.1, 0.15) is 0 Å². The molecule has 30 heavy (non-hydrogen) atoms. The SMILES string of the molecule is O=C(NCc1ccc2c(c1)OCO2)c1cc(-c2ccc(Cl)cc2)nc2ccccc12. The van der Waals surface area contributed by atoms with Gasteiger partial charge in [0.2, 0.25) is 6.79 Å². The van der Waals surface area contributed by atoms with Crippen LogP contribution in [0.4, 0.5) is 0 Å². The number of carbonyl (C=O) groups is 1. The molecule has 0 aliphatic carbocycles. The molecule has 1 aliphatic rings. The van der Waals surface area contributed by atoms with Crippen molar-refractivity contribution in [3.8, 4) is 22.8 Å². The fraction of sp³-hybridized carbons (Fsp3) is 0.0833. The van der Waals surface area contributed by atoms with Gasteiger partial charge in [-0.15, -0.1) is 0 Å². The monoisotopic (exact) mass is 416 g/mol. The van der Waals surface area contributed by atoms with E-state index in [0.717, 1.165) is 33.5 Å².